The molecule has 17 heavy (non-hydrogen) atoms. The zero-order valence-electron chi connectivity index (χ0n) is 11.6. The first-order valence-corrected chi connectivity index (χ1v) is 5.75. The first-order chi connectivity index (χ1) is 7.95. The monoisotopic (exact) mass is 238 g/mol. The van der Waals surface area contributed by atoms with Gasteiger partial charge in [0.1, 0.15) is 5.69 Å². The number of guanidine groups is 1. The molecule has 0 saturated carbocycles. The molecule has 0 bridgehead atoms. The van der Waals surface area contributed by atoms with Crippen LogP contribution in [0.5, 0.6) is 0 Å². The SMILES string of the molecule is CCn1nc(C)c(CN=C(N(C)C)N(C)C)n1. The molecule has 1 aromatic rings. The maximum atomic E-state index is 4.55. The van der Waals surface area contributed by atoms with E-state index < -0.39 is 0 Å². The Hall–Kier alpha value is -1.59. The van der Waals surface area contributed by atoms with Crippen LogP contribution in [0.25, 0.3) is 0 Å². The lowest BCUT2D eigenvalue weighted by molar-refractivity contribution is 0.478. The van der Waals surface area contributed by atoms with Gasteiger partial charge in [-0.2, -0.15) is 15.0 Å². The summed E-state index contributed by atoms with van der Waals surface area (Å²) in [5, 5.41) is 8.69. The fraction of sp³-hybridized carbons (Fsp3) is 0.727. The van der Waals surface area contributed by atoms with Gasteiger partial charge in [0.25, 0.3) is 0 Å². The van der Waals surface area contributed by atoms with Gasteiger partial charge in [0.15, 0.2) is 5.96 Å². The van der Waals surface area contributed by atoms with Gasteiger partial charge in [0, 0.05) is 28.2 Å². The topological polar surface area (TPSA) is 49.6 Å². The fourth-order valence-electron chi connectivity index (χ4n) is 1.58. The van der Waals surface area contributed by atoms with Crippen LogP contribution in [0, 0.1) is 6.92 Å². The maximum Gasteiger partial charge on any atom is 0.195 e. The molecule has 0 aliphatic heterocycles. The van der Waals surface area contributed by atoms with Crippen molar-refractivity contribution in [3.05, 3.63) is 11.4 Å². The fourth-order valence-corrected chi connectivity index (χ4v) is 1.58. The lowest BCUT2D eigenvalue weighted by atomic mass is 10.3. The van der Waals surface area contributed by atoms with Gasteiger partial charge in [-0.1, -0.05) is 0 Å². The van der Waals surface area contributed by atoms with Gasteiger partial charge in [-0.05, 0) is 13.8 Å². The number of aryl methyl sites for hydroxylation is 2. The second-order valence-corrected chi connectivity index (χ2v) is 4.33. The highest BCUT2D eigenvalue weighted by molar-refractivity contribution is 5.79. The highest BCUT2D eigenvalue weighted by atomic mass is 15.5. The van der Waals surface area contributed by atoms with Gasteiger partial charge < -0.3 is 9.80 Å². The van der Waals surface area contributed by atoms with Gasteiger partial charge in [-0.15, -0.1) is 0 Å². The Bertz CT molecular complexity index is 381. The molecule has 1 rings (SSSR count). The van der Waals surface area contributed by atoms with E-state index >= 15 is 0 Å². The average molecular weight is 238 g/mol. The molecule has 0 amide bonds. The van der Waals surface area contributed by atoms with Crippen molar-refractivity contribution in [3.63, 3.8) is 0 Å². The Morgan fingerprint density at radius 1 is 1.18 bits per heavy atom. The molecular formula is C11H22N6. The van der Waals surface area contributed by atoms with Crippen LogP contribution in [0.3, 0.4) is 0 Å². The van der Waals surface area contributed by atoms with E-state index in [1.807, 2.05) is 51.8 Å². The molecule has 1 heterocycles. The van der Waals surface area contributed by atoms with Crippen molar-refractivity contribution < 1.29 is 0 Å². The van der Waals surface area contributed by atoms with Crippen molar-refractivity contribution in [1.82, 2.24) is 24.8 Å². The van der Waals surface area contributed by atoms with E-state index in [1.165, 1.54) is 0 Å². The molecule has 0 spiro atoms. The predicted molar refractivity (Wildman–Crippen MR) is 68.9 cm³/mol. The van der Waals surface area contributed by atoms with E-state index in [0.29, 0.717) is 6.54 Å². The second-order valence-electron chi connectivity index (χ2n) is 4.33. The third-order valence-electron chi connectivity index (χ3n) is 2.37. The molecule has 1 aromatic heterocycles. The molecule has 0 fully saturated rings. The quantitative estimate of drug-likeness (QED) is 0.571. The summed E-state index contributed by atoms with van der Waals surface area (Å²) in [5.41, 5.74) is 1.89. The minimum absolute atomic E-state index is 0.567. The Labute approximate surface area is 103 Å². The van der Waals surface area contributed by atoms with Crippen LogP contribution in [0.2, 0.25) is 0 Å². The van der Waals surface area contributed by atoms with Crippen LogP contribution >= 0.6 is 0 Å². The summed E-state index contributed by atoms with van der Waals surface area (Å²) in [6.07, 6.45) is 0. The van der Waals surface area contributed by atoms with Crippen molar-refractivity contribution >= 4 is 5.96 Å². The molecule has 0 N–H and O–H groups in total. The summed E-state index contributed by atoms with van der Waals surface area (Å²) in [6, 6.07) is 0. The molecular weight excluding hydrogens is 216 g/mol. The zero-order chi connectivity index (χ0) is 13.0. The smallest absolute Gasteiger partial charge is 0.195 e. The number of nitrogens with zero attached hydrogens (tertiary/aromatic N) is 6. The van der Waals surface area contributed by atoms with E-state index in [4.69, 9.17) is 0 Å². The lowest BCUT2D eigenvalue weighted by Crippen LogP contribution is -2.35. The summed E-state index contributed by atoms with van der Waals surface area (Å²) in [4.78, 5) is 10.2. The Morgan fingerprint density at radius 3 is 2.18 bits per heavy atom. The minimum Gasteiger partial charge on any atom is -0.349 e. The van der Waals surface area contributed by atoms with Crippen molar-refractivity contribution in [2.24, 2.45) is 4.99 Å². The van der Waals surface area contributed by atoms with E-state index in [2.05, 4.69) is 15.2 Å². The molecule has 0 aliphatic carbocycles. The molecule has 0 atom stereocenters. The molecule has 0 radical (unpaired) electrons. The number of aromatic nitrogens is 3. The Morgan fingerprint density at radius 2 is 1.76 bits per heavy atom. The number of hydrogen-bond acceptors (Lipinski definition) is 3. The first kappa shape index (κ1) is 13.5. The van der Waals surface area contributed by atoms with Gasteiger partial charge in [0.05, 0.1) is 18.8 Å². The van der Waals surface area contributed by atoms with Crippen LogP contribution in [-0.4, -0.2) is 58.9 Å². The van der Waals surface area contributed by atoms with Gasteiger partial charge in [-0.3, -0.25) is 0 Å². The van der Waals surface area contributed by atoms with Crippen LogP contribution in [0.4, 0.5) is 0 Å². The third-order valence-corrected chi connectivity index (χ3v) is 2.37. The molecule has 0 aromatic carbocycles. The summed E-state index contributed by atoms with van der Waals surface area (Å²) in [6.45, 7) is 5.35. The standard InChI is InChI=1S/C11H22N6/c1-7-17-13-9(2)10(14-17)8-12-11(15(3)4)16(5)6/h7-8H2,1-6H3. The van der Waals surface area contributed by atoms with E-state index in [1.54, 1.807) is 4.80 Å². The molecule has 0 unspecified atom stereocenters. The zero-order valence-corrected chi connectivity index (χ0v) is 11.6. The first-order valence-electron chi connectivity index (χ1n) is 5.75. The Balaban J connectivity index is 2.83. The van der Waals surface area contributed by atoms with Gasteiger partial charge in [-0.25, -0.2) is 4.99 Å². The highest BCUT2D eigenvalue weighted by Gasteiger charge is 2.08. The summed E-state index contributed by atoms with van der Waals surface area (Å²) < 4.78 is 0. The van der Waals surface area contributed by atoms with E-state index in [9.17, 15) is 0 Å². The largest absolute Gasteiger partial charge is 0.349 e. The third kappa shape index (κ3) is 3.44. The van der Waals surface area contributed by atoms with Crippen molar-refractivity contribution in [2.45, 2.75) is 26.9 Å². The van der Waals surface area contributed by atoms with Gasteiger partial charge >= 0.3 is 0 Å². The molecule has 96 valence electrons. The van der Waals surface area contributed by atoms with Crippen LogP contribution in [-0.2, 0) is 13.1 Å². The van der Waals surface area contributed by atoms with E-state index in [-0.39, 0.29) is 0 Å². The van der Waals surface area contributed by atoms with Crippen LogP contribution in [0.1, 0.15) is 18.3 Å². The molecule has 0 saturated heterocycles. The Kier molecular flexibility index (Phi) is 4.48. The van der Waals surface area contributed by atoms with Crippen LogP contribution < -0.4 is 0 Å². The van der Waals surface area contributed by atoms with Crippen molar-refractivity contribution in [2.75, 3.05) is 28.2 Å². The highest BCUT2D eigenvalue weighted by Crippen LogP contribution is 2.04. The average Bonchev–Trinajstić information content (AvgIpc) is 2.59. The van der Waals surface area contributed by atoms with E-state index in [0.717, 1.165) is 23.9 Å². The summed E-state index contributed by atoms with van der Waals surface area (Å²) in [7, 11) is 7.92. The molecule has 6 heteroatoms. The predicted octanol–water partition coefficient (Wildman–Crippen LogP) is 0.586. The minimum atomic E-state index is 0.567. The molecule has 6 nitrogen and oxygen atoms in total. The van der Waals surface area contributed by atoms with Crippen molar-refractivity contribution in [1.29, 1.82) is 0 Å². The van der Waals surface area contributed by atoms with Gasteiger partial charge in [0.2, 0.25) is 0 Å². The summed E-state index contributed by atoms with van der Waals surface area (Å²) in [5.74, 6) is 0.926. The number of aliphatic imine (C=N–C) groups is 1. The number of hydrogen-bond donors (Lipinski definition) is 0. The van der Waals surface area contributed by atoms with Crippen molar-refractivity contribution in [3.8, 4) is 0 Å². The molecule has 0 aliphatic rings. The second kappa shape index (κ2) is 5.65. The number of rotatable bonds is 3. The summed E-state index contributed by atoms with van der Waals surface area (Å²) >= 11 is 0. The maximum absolute atomic E-state index is 4.55. The van der Waals surface area contributed by atoms with Crippen LogP contribution in [0.15, 0.2) is 4.99 Å². The normalized spacial score (nSPS) is 10.2. The lowest BCUT2D eigenvalue weighted by Gasteiger charge is -2.22.